The number of anilines is 1. The monoisotopic (exact) mass is 388 g/mol. The molecule has 0 fully saturated rings. The molecule has 6 nitrogen and oxygen atoms in total. The molecule has 4 aromatic rings. The van der Waals surface area contributed by atoms with E-state index < -0.39 is 11.6 Å². The number of hydrogen-bond acceptors (Lipinski definition) is 5. The lowest BCUT2D eigenvalue weighted by Crippen LogP contribution is -2.24. The number of ether oxygens (including phenoxy) is 1. The molecule has 6 heteroatoms. The second-order valence-corrected chi connectivity index (χ2v) is 8.20. The summed E-state index contributed by atoms with van der Waals surface area (Å²) in [7, 11) is 0. The van der Waals surface area contributed by atoms with Crippen LogP contribution in [0.4, 0.5) is 5.82 Å². The molecule has 0 bridgehead atoms. The van der Waals surface area contributed by atoms with Crippen molar-refractivity contribution in [2.75, 3.05) is 5.73 Å². The van der Waals surface area contributed by atoms with E-state index in [1.807, 2.05) is 77.1 Å². The highest BCUT2D eigenvalue weighted by atomic mass is 16.6. The number of aryl methyl sites for hydroxylation is 1. The predicted octanol–water partition coefficient (Wildman–Crippen LogP) is 4.73. The first kappa shape index (κ1) is 18.9. The van der Waals surface area contributed by atoms with Crippen LogP contribution in [0.3, 0.4) is 0 Å². The van der Waals surface area contributed by atoms with Crippen LogP contribution in [0.5, 0.6) is 0 Å². The zero-order chi connectivity index (χ0) is 20.9. The van der Waals surface area contributed by atoms with Gasteiger partial charge < -0.3 is 10.5 Å². The number of hydrogen-bond donors (Lipinski definition) is 1. The number of aromatic nitrogens is 3. The minimum absolute atomic E-state index is 0.245. The van der Waals surface area contributed by atoms with Gasteiger partial charge in [0.05, 0.1) is 16.7 Å². The summed E-state index contributed by atoms with van der Waals surface area (Å²) in [6.45, 7) is 9.54. The number of rotatable bonds is 2. The molecule has 0 saturated heterocycles. The second-order valence-electron chi connectivity index (χ2n) is 8.20. The second kappa shape index (κ2) is 6.58. The first-order chi connectivity index (χ1) is 13.7. The minimum atomic E-state index is -0.651. The topological polar surface area (TPSA) is 83.0 Å². The van der Waals surface area contributed by atoms with Gasteiger partial charge in [0.25, 0.3) is 0 Å². The average Bonchev–Trinajstić information content (AvgIpc) is 2.91. The third kappa shape index (κ3) is 3.20. The first-order valence-corrected chi connectivity index (χ1v) is 9.54. The van der Waals surface area contributed by atoms with Gasteiger partial charge in [0.2, 0.25) is 0 Å². The molecule has 2 heterocycles. The van der Waals surface area contributed by atoms with Gasteiger partial charge in [-0.05, 0) is 63.9 Å². The molecular formula is C23H24N4O2. The standard InChI is InChI=1S/C23H24N4O2/c1-13-9-8-12-17(14(13)2)27-20(24)18(22(28)29-23(3,4)5)19-21(27)26-16-11-7-6-10-15(16)25-19/h6-12H,24H2,1-5H3. The van der Waals surface area contributed by atoms with E-state index in [-0.39, 0.29) is 11.4 Å². The van der Waals surface area contributed by atoms with E-state index in [0.717, 1.165) is 22.3 Å². The van der Waals surface area contributed by atoms with Gasteiger partial charge in [-0.3, -0.25) is 4.57 Å². The van der Waals surface area contributed by atoms with E-state index in [0.29, 0.717) is 16.7 Å². The Balaban J connectivity index is 2.10. The Morgan fingerprint density at radius 3 is 2.31 bits per heavy atom. The third-order valence-electron chi connectivity index (χ3n) is 4.92. The molecule has 4 rings (SSSR count). The van der Waals surface area contributed by atoms with Crippen molar-refractivity contribution in [2.45, 2.75) is 40.2 Å². The van der Waals surface area contributed by atoms with Gasteiger partial charge in [0, 0.05) is 0 Å². The molecular weight excluding hydrogens is 364 g/mol. The minimum Gasteiger partial charge on any atom is -0.456 e. The molecule has 0 aliphatic rings. The van der Waals surface area contributed by atoms with Crippen molar-refractivity contribution in [3.8, 4) is 5.69 Å². The lowest BCUT2D eigenvalue weighted by Gasteiger charge is -2.19. The van der Waals surface area contributed by atoms with E-state index >= 15 is 0 Å². The van der Waals surface area contributed by atoms with Gasteiger partial charge in [-0.2, -0.15) is 0 Å². The number of carbonyl (C=O) groups is 1. The normalized spacial score (nSPS) is 11.9. The summed E-state index contributed by atoms with van der Waals surface area (Å²) in [4.78, 5) is 22.6. The third-order valence-corrected chi connectivity index (χ3v) is 4.92. The number of esters is 1. The molecule has 148 valence electrons. The Hall–Kier alpha value is -3.41. The fourth-order valence-electron chi connectivity index (χ4n) is 3.41. The lowest BCUT2D eigenvalue weighted by atomic mass is 10.1. The van der Waals surface area contributed by atoms with E-state index in [1.165, 1.54) is 0 Å². The Bertz CT molecular complexity index is 1270. The highest BCUT2D eigenvalue weighted by Crippen LogP contribution is 2.33. The SMILES string of the molecule is Cc1cccc(-n2c(N)c(C(=O)OC(C)(C)C)c3nc4ccccc4nc32)c1C. The van der Waals surface area contributed by atoms with Gasteiger partial charge in [0.15, 0.2) is 5.65 Å². The first-order valence-electron chi connectivity index (χ1n) is 9.54. The predicted molar refractivity (Wildman–Crippen MR) is 115 cm³/mol. The lowest BCUT2D eigenvalue weighted by molar-refractivity contribution is 0.00728. The van der Waals surface area contributed by atoms with Crippen molar-refractivity contribution in [3.63, 3.8) is 0 Å². The van der Waals surface area contributed by atoms with Crippen LogP contribution in [0.15, 0.2) is 42.5 Å². The smallest absolute Gasteiger partial charge is 0.344 e. The van der Waals surface area contributed by atoms with Crippen LogP contribution in [0.1, 0.15) is 42.3 Å². The van der Waals surface area contributed by atoms with Gasteiger partial charge in [0.1, 0.15) is 22.5 Å². The van der Waals surface area contributed by atoms with Gasteiger partial charge in [-0.25, -0.2) is 14.8 Å². The Morgan fingerprint density at radius 2 is 1.66 bits per heavy atom. The number of para-hydroxylation sites is 2. The fourth-order valence-corrected chi connectivity index (χ4v) is 3.41. The van der Waals surface area contributed by atoms with Crippen LogP contribution < -0.4 is 5.73 Å². The Kier molecular flexibility index (Phi) is 4.30. The molecule has 0 atom stereocenters. The van der Waals surface area contributed by atoms with E-state index in [1.54, 1.807) is 4.57 Å². The Morgan fingerprint density at radius 1 is 1.00 bits per heavy atom. The number of carbonyl (C=O) groups excluding carboxylic acids is 1. The van der Waals surface area contributed by atoms with Crippen molar-refractivity contribution < 1.29 is 9.53 Å². The van der Waals surface area contributed by atoms with Crippen LogP contribution in [0.2, 0.25) is 0 Å². The molecule has 0 radical (unpaired) electrons. The van der Waals surface area contributed by atoms with Crippen LogP contribution in [-0.2, 0) is 4.74 Å². The maximum absolute atomic E-state index is 13.0. The quantitative estimate of drug-likeness (QED) is 0.502. The van der Waals surface area contributed by atoms with E-state index in [4.69, 9.17) is 20.4 Å². The zero-order valence-electron chi connectivity index (χ0n) is 17.3. The summed E-state index contributed by atoms with van der Waals surface area (Å²) in [5, 5.41) is 0. The van der Waals surface area contributed by atoms with E-state index in [9.17, 15) is 4.79 Å². The molecule has 2 aromatic carbocycles. The number of nitrogens with two attached hydrogens (primary N) is 1. The maximum atomic E-state index is 13.0. The van der Waals surface area contributed by atoms with Crippen LogP contribution in [0, 0.1) is 13.8 Å². The maximum Gasteiger partial charge on any atom is 0.344 e. The number of nitrogens with zero attached hydrogens (tertiary/aromatic N) is 3. The van der Waals surface area contributed by atoms with Crippen LogP contribution in [0.25, 0.3) is 27.9 Å². The molecule has 2 aromatic heterocycles. The molecule has 29 heavy (non-hydrogen) atoms. The summed E-state index contributed by atoms with van der Waals surface area (Å²) >= 11 is 0. The van der Waals surface area contributed by atoms with Crippen LogP contribution >= 0.6 is 0 Å². The summed E-state index contributed by atoms with van der Waals surface area (Å²) in [5.41, 5.74) is 11.6. The molecule has 0 amide bonds. The van der Waals surface area contributed by atoms with E-state index in [2.05, 4.69) is 0 Å². The van der Waals surface area contributed by atoms with Crippen molar-refractivity contribution in [1.29, 1.82) is 0 Å². The zero-order valence-corrected chi connectivity index (χ0v) is 17.3. The van der Waals surface area contributed by atoms with Gasteiger partial charge >= 0.3 is 5.97 Å². The molecule has 0 aliphatic heterocycles. The number of nitrogen functional groups attached to an aromatic ring is 1. The Labute approximate surface area is 169 Å². The molecule has 0 unspecified atom stereocenters. The van der Waals surface area contributed by atoms with Crippen LogP contribution in [-0.4, -0.2) is 26.1 Å². The average molecular weight is 388 g/mol. The highest BCUT2D eigenvalue weighted by molar-refractivity contribution is 6.09. The van der Waals surface area contributed by atoms with Crippen molar-refractivity contribution in [1.82, 2.24) is 14.5 Å². The highest BCUT2D eigenvalue weighted by Gasteiger charge is 2.29. The summed E-state index contributed by atoms with van der Waals surface area (Å²) in [6, 6.07) is 13.5. The molecule has 0 spiro atoms. The number of fused-ring (bicyclic) bond motifs is 2. The van der Waals surface area contributed by atoms with Gasteiger partial charge in [-0.1, -0.05) is 24.3 Å². The molecule has 2 N–H and O–H groups in total. The summed E-state index contributed by atoms with van der Waals surface area (Å²) < 4.78 is 7.43. The molecule has 0 aliphatic carbocycles. The summed E-state index contributed by atoms with van der Waals surface area (Å²) in [5.74, 6) is -0.230. The van der Waals surface area contributed by atoms with Crippen molar-refractivity contribution in [3.05, 3.63) is 59.2 Å². The van der Waals surface area contributed by atoms with Crippen molar-refractivity contribution in [2.24, 2.45) is 0 Å². The van der Waals surface area contributed by atoms with Gasteiger partial charge in [-0.15, -0.1) is 0 Å². The summed E-state index contributed by atoms with van der Waals surface area (Å²) in [6.07, 6.45) is 0. The molecule has 0 saturated carbocycles. The largest absolute Gasteiger partial charge is 0.456 e. The van der Waals surface area contributed by atoms with Crippen molar-refractivity contribution >= 4 is 34.0 Å². The number of benzene rings is 2. The fraction of sp³-hybridized carbons (Fsp3) is 0.261.